The Kier molecular flexibility index (Phi) is 10.1. The van der Waals surface area contributed by atoms with Gasteiger partial charge in [-0.3, -0.25) is 19.2 Å². The number of carboxylic acid groups (broad SMARTS) is 1. The number of primary amides is 1. The molecule has 0 radical (unpaired) electrons. The number of hydrogen-bond acceptors (Lipinski definition) is 8. The Labute approximate surface area is 183 Å². The molecule has 1 aromatic rings. The fourth-order valence-corrected chi connectivity index (χ4v) is 2.57. The van der Waals surface area contributed by atoms with Crippen LogP contribution in [0.4, 0.5) is 0 Å². The van der Waals surface area contributed by atoms with E-state index in [1.807, 2.05) is 5.32 Å². The first-order valence-corrected chi connectivity index (χ1v) is 9.50. The monoisotopic (exact) mass is 453 g/mol. The summed E-state index contributed by atoms with van der Waals surface area (Å²) < 4.78 is 0. The molecular formula is C19H27N5O8. The molecule has 1 aromatic carbocycles. The van der Waals surface area contributed by atoms with Crippen molar-refractivity contribution in [3.8, 4) is 5.75 Å². The molecule has 0 saturated carbocycles. The number of carbonyl (C=O) groups excluding carboxylic acids is 4. The van der Waals surface area contributed by atoms with Crippen molar-refractivity contribution < 1.29 is 39.3 Å². The number of phenolic OH excluding ortho intramolecular Hbond substituents is 1. The Morgan fingerprint density at radius 3 is 2.12 bits per heavy atom. The van der Waals surface area contributed by atoms with E-state index in [-0.39, 0.29) is 12.2 Å². The van der Waals surface area contributed by atoms with E-state index in [1.165, 1.54) is 19.1 Å². The number of aromatic hydroxyl groups is 1. The number of aliphatic carboxylic acids is 1. The van der Waals surface area contributed by atoms with Gasteiger partial charge in [0.05, 0.1) is 25.1 Å². The SMILES string of the molecule is C[C@@H](O)[C@H](NC(=O)CNC(=O)[C@@H](N)Cc1ccc(O)cc1)C(=O)N[C@@H](CC(N)=O)C(=O)O. The van der Waals surface area contributed by atoms with Gasteiger partial charge in [-0.15, -0.1) is 0 Å². The molecule has 0 aliphatic heterocycles. The maximum atomic E-state index is 12.3. The summed E-state index contributed by atoms with van der Waals surface area (Å²) in [5, 5.41) is 34.5. The minimum absolute atomic E-state index is 0.0597. The first-order chi connectivity index (χ1) is 14.9. The standard InChI is InChI=1S/C19H27N5O8/c1-9(25)16(18(30)23-13(19(31)32)7-14(21)27)24-15(28)8-22-17(29)12(20)6-10-2-4-11(26)5-3-10/h2-5,9,12-13,16,25-26H,6-8,20H2,1H3,(H2,21,27)(H,22,29)(H,23,30)(H,24,28)(H,31,32)/t9-,12+,13+,16+/m1/s1. The van der Waals surface area contributed by atoms with Crippen LogP contribution in [0.5, 0.6) is 5.75 Å². The number of nitrogens with one attached hydrogen (secondary N) is 3. The molecule has 0 aliphatic carbocycles. The zero-order chi connectivity index (χ0) is 24.4. The Bertz CT molecular complexity index is 843. The van der Waals surface area contributed by atoms with Gasteiger partial charge >= 0.3 is 5.97 Å². The third-order valence-electron chi connectivity index (χ3n) is 4.25. The molecule has 0 bridgehead atoms. The van der Waals surface area contributed by atoms with Crippen molar-refractivity contribution in [1.29, 1.82) is 0 Å². The van der Waals surface area contributed by atoms with Crippen molar-refractivity contribution in [2.45, 2.75) is 44.0 Å². The Balaban J connectivity index is 2.61. The quantitative estimate of drug-likeness (QED) is 0.158. The average molecular weight is 453 g/mol. The van der Waals surface area contributed by atoms with E-state index in [9.17, 15) is 34.2 Å². The molecule has 13 nitrogen and oxygen atoms in total. The number of hydrogen-bond donors (Lipinski definition) is 8. The summed E-state index contributed by atoms with van der Waals surface area (Å²) >= 11 is 0. The number of benzene rings is 1. The third-order valence-corrected chi connectivity index (χ3v) is 4.25. The molecule has 0 heterocycles. The Hall–Kier alpha value is -3.71. The smallest absolute Gasteiger partial charge is 0.326 e. The van der Waals surface area contributed by atoms with Crippen LogP contribution < -0.4 is 27.4 Å². The van der Waals surface area contributed by atoms with Crippen LogP contribution in [0.25, 0.3) is 0 Å². The van der Waals surface area contributed by atoms with Gasteiger partial charge in [0.2, 0.25) is 23.6 Å². The number of aliphatic hydroxyl groups excluding tert-OH is 1. The van der Waals surface area contributed by atoms with Crippen LogP contribution in [0.15, 0.2) is 24.3 Å². The lowest BCUT2D eigenvalue weighted by atomic mass is 10.1. The first-order valence-electron chi connectivity index (χ1n) is 9.50. The molecule has 0 fully saturated rings. The van der Waals surface area contributed by atoms with Gasteiger partial charge in [0, 0.05) is 0 Å². The second-order valence-electron chi connectivity index (χ2n) is 7.05. The summed E-state index contributed by atoms with van der Waals surface area (Å²) in [6, 6.07) is 1.86. The summed E-state index contributed by atoms with van der Waals surface area (Å²) in [5.41, 5.74) is 11.4. The molecular weight excluding hydrogens is 426 g/mol. The van der Waals surface area contributed by atoms with Gasteiger partial charge in [-0.1, -0.05) is 12.1 Å². The van der Waals surface area contributed by atoms with Gasteiger partial charge in [-0.2, -0.15) is 0 Å². The molecule has 176 valence electrons. The van der Waals surface area contributed by atoms with Crippen molar-refractivity contribution in [3.05, 3.63) is 29.8 Å². The Morgan fingerprint density at radius 2 is 1.62 bits per heavy atom. The van der Waals surface area contributed by atoms with E-state index >= 15 is 0 Å². The van der Waals surface area contributed by atoms with Gasteiger partial charge in [-0.05, 0) is 31.0 Å². The zero-order valence-electron chi connectivity index (χ0n) is 17.3. The predicted molar refractivity (Wildman–Crippen MR) is 110 cm³/mol. The fraction of sp³-hybridized carbons (Fsp3) is 0.421. The molecule has 10 N–H and O–H groups in total. The molecule has 32 heavy (non-hydrogen) atoms. The maximum absolute atomic E-state index is 12.3. The molecule has 0 aromatic heterocycles. The predicted octanol–water partition coefficient (Wildman–Crippen LogP) is -3.31. The van der Waals surface area contributed by atoms with Crippen molar-refractivity contribution in [2.75, 3.05) is 6.54 Å². The van der Waals surface area contributed by atoms with E-state index < -0.39 is 66.8 Å². The maximum Gasteiger partial charge on any atom is 0.326 e. The van der Waals surface area contributed by atoms with E-state index in [0.717, 1.165) is 0 Å². The lowest BCUT2D eigenvalue weighted by molar-refractivity contribution is -0.144. The van der Waals surface area contributed by atoms with Gasteiger partial charge in [-0.25, -0.2) is 4.79 Å². The minimum Gasteiger partial charge on any atom is -0.508 e. The fourth-order valence-electron chi connectivity index (χ4n) is 2.57. The van der Waals surface area contributed by atoms with Crippen molar-refractivity contribution in [1.82, 2.24) is 16.0 Å². The van der Waals surface area contributed by atoms with E-state index in [0.29, 0.717) is 5.56 Å². The van der Waals surface area contributed by atoms with Crippen LogP contribution in [0.3, 0.4) is 0 Å². The van der Waals surface area contributed by atoms with E-state index in [1.54, 1.807) is 12.1 Å². The highest BCUT2D eigenvalue weighted by Gasteiger charge is 2.30. The summed E-state index contributed by atoms with van der Waals surface area (Å²) in [6.07, 6.45) is -1.96. The highest BCUT2D eigenvalue weighted by atomic mass is 16.4. The molecule has 0 aliphatic rings. The van der Waals surface area contributed by atoms with Gasteiger partial charge in [0.1, 0.15) is 17.8 Å². The summed E-state index contributed by atoms with van der Waals surface area (Å²) in [6.45, 7) is 0.614. The van der Waals surface area contributed by atoms with Crippen molar-refractivity contribution in [2.24, 2.45) is 11.5 Å². The number of carboxylic acids is 1. The molecule has 0 unspecified atom stereocenters. The van der Waals surface area contributed by atoms with Crippen LogP contribution in [-0.4, -0.2) is 75.7 Å². The number of nitrogens with two attached hydrogens (primary N) is 2. The van der Waals surface area contributed by atoms with Crippen LogP contribution >= 0.6 is 0 Å². The second-order valence-corrected chi connectivity index (χ2v) is 7.05. The average Bonchev–Trinajstić information content (AvgIpc) is 2.70. The summed E-state index contributed by atoms with van der Waals surface area (Å²) in [5.74, 6) is -5.00. The lowest BCUT2D eigenvalue weighted by Gasteiger charge is -2.23. The molecule has 0 saturated heterocycles. The number of phenols is 1. The van der Waals surface area contributed by atoms with Crippen molar-refractivity contribution >= 4 is 29.6 Å². The van der Waals surface area contributed by atoms with Crippen molar-refractivity contribution in [3.63, 3.8) is 0 Å². The van der Waals surface area contributed by atoms with Crippen LogP contribution in [0.2, 0.25) is 0 Å². The van der Waals surface area contributed by atoms with Gasteiger partial charge in [0.25, 0.3) is 0 Å². The number of rotatable bonds is 12. The lowest BCUT2D eigenvalue weighted by Crippen LogP contribution is -2.57. The third kappa shape index (κ3) is 8.97. The molecule has 0 spiro atoms. The summed E-state index contributed by atoms with van der Waals surface area (Å²) in [4.78, 5) is 58.5. The topological polar surface area (TPSA) is 234 Å². The number of carbonyl (C=O) groups is 5. The first kappa shape index (κ1) is 26.3. The molecule has 1 rings (SSSR count). The van der Waals surface area contributed by atoms with Gasteiger partial charge in [0.15, 0.2) is 0 Å². The second kappa shape index (κ2) is 12.2. The van der Waals surface area contributed by atoms with Crippen LogP contribution in [-0.2, 0) is 30.4 Å². The normalized spacial score (nSPS) is 14.3. The highest BCUT2D eigenvalue weighted by molar-refractivity contribution is 5.94. The zero-order valence-corrected chi connectivity index (χ0v) is 17.3. The van der Waals surface area contributed by atoms with Crippen LogP contribution in [0, 0.1) is 0 Å². The van der Waals surface area contributed by atoms with E-state index in [2.05, 4.69) is 10.6 Å². The number of amides is 4. The van der Waals surface area contributed by atoms with Gasteiger partial charge < -0.3 is 42.7 Å². The minimum atomic E-state index is -1.64. The highest BCUT2D eigenvalue weighted by Crippen LogP contribution is 2.10. The molecule has 4 atom stereocenters. The molecule has 4 amide bonds. The van der Waals surface area contributed by atoms with Crippen LogP contribution in [0.1, 0.15) is 18.9 Å². The largest absolute Gasteiger partial charge is 0.508 e. The number of aliphatic hydroxyl groups is 1. The van der Waals surface area contributed by atoms with E-state index in [4.69, 9.17) is 16.6 Å². The Morgan fingerprint density at radius 1 is 1.03 bits per heavy atom. The molecule has 13 heteroatoms. The summed E-state index contributed by atoms with van der Waals surface area (Å²) in [7, 11) is 0.